The molecule has 154 valence electrons. The van der Waals surface area contributed by atoms with E-state index >= 15 is 0 Å². The first-order chi connectivity index (χ1) is 14.6. The molecule has 6 nitrogen and oxygen atoms in total. The molecule has 3 aromatic rings. The summed E-state index contributed by atoms with van der Waals surface area (Å²) in [5.74, 6) is 0.818. The van der Waals surface area contributed by atoms with Crippen LogP contribution in [0.4, 0.5) is 0 Å². The number of hydrogen-bond donors (Lipinski definition) is 1. The lowest BCUT2D eigenvalue weighted by Crippen LogP contribution is -2.45. The average molecular weight is 403 g/mol. The molecule has 0 spiro atoms. The van der Waals surface area contributed by atoms with E-state index in [0.29, 0.717) is 30.3 Å². The third-order valence-corrected chi connectivity index (χ3v) is 5.40. The number of piperidine rings is 1. The molecule has 1 unspecified atom stereocenters. The monoisotopic (exact) mass is 403 g/mol. The molecule has 1 aliphatic heterocycles. The smallest absolute Gasteiger partial charge is 0.253 e. The normalized spacial score (nSPS) is 16.3. The number of nitrogens with one attached hydrogen (secondary N) is 1. The largest absolute Gasteiger partial charge is 0.439 e. The molecule has 2 heterocycles. The molecular weight excluding hydrogens is 378 g/mol. The summed E-state index contributed by atoms with van der Waals surface area (Å²) in [6, 6.07) is 17.3. The SMILES string of the molecule is Cc1ccc(C(=O)N2CCCC(C(=O)NCc3ncc(-c4ccccc4)o3)C2)cc1. The van der Waals surface area contributed by atoms with Gasteiger partial charge in [0.1, 0.15) is 0 Å². The highest BCUT2D eigenvalue weighted by Gasteiger charge is 2.29. The molecule has 30 heavy (non-hydrogen) atoms. The van der Waals surface area contributed by atoms with Gasteiger partial charge in [-0.25, -0.2) is 4.98 Å². The molecule has 0 radical (unpaired) electrons. The van der Waals surface area contributed by atoms with Crippen LogP contribution in [0.25, 0.3) is 11.3 Å². The predicted molar refractivity (Wildman–Crippen MR) is 114 cm³/mol. The van der Waals surface area contributed by atoms with E-state index in [1.807, 2.05) is 61.5 Å². The summed E-state index contributed by atoms with van der Waals surface area (Å²) in [6.07, 6.45) is 3.25. The quantitative estimate of drug-likeness (QED) is 0.703. The van der Waals surface area contributed by atoms with Crippen LogP contribution in [-0.2, 0) is 11.3 Å². The Kier molecular flexibility index (Phi) is 5.93. The van der Waals surface area contributed by atoms with E-state index in [2.05, 4.69) is 10.3 Å². The number of likely N-dealkylation sites (tertiary alicyclic amines) is 1. The lowest BCUT2D eigenvalue weighted by atomic mass is 9.96. The number of carbonyl (C=O) groups is 2. The Hall–Kier alpha value is -3.41. The van der Waals surface area contributed by atoms with Crippen LogP contribution in [0.2, 0.25) is 0 Å². The van der Waals surface area contributed by atoms with Crippen LogP contribution in [0.1, 0.15) is 34.7 Å². The molecule has 0 saturated carbocycles. The molecule has 1 aliphatic rings. The van der Waals surface area contributed by atoms with Gasteiger partial charge in [-0.1, -0.05) is 48.0 Å². The first-order valence-electron chi connectivity index (χ1n) is 10.2. The van der Waals surface area contributed by atoms with E-state index < -0.39 is 0 Å². The molecule has 1 N–H and O–H groups in total. The van der Waals surface area contributed by atoms with Crippen molar-refractivity contribution in [1.82, 2.24) is 15.2 Å². The number of aryl methyl sites for hydroxylation is 1. The molecule has 1 fully saturated rings. The van der Waals surface area contributed by atoms with Gasteiger partial charge in [0.05, 0.1) is 18.7 Å². The summed E-state index contributed by atoms with van der Waals surface area (Å²) in [5, 5.41) is 2.91. The van der Waals surface area contributed by atoms with Gasteiger partial charge in [0.25, 0.3) is 5.91 Å². The molecule has 6 heteroatoms. The summed E-state index contributed by atoms with van der Waals surface area (Å²) in [6.45, 7) is 3.33. The number of carbonyl (C=O) groups excluding carboxylic acids is 2. The first-order valence-corrected chi connectivity index (χ1v) is 10.2. The van der Waals surface area contributed by atoms with Crippen LogP contribution in [0.3, 0.4) is 0 Å². The Morgan fingerprint density at radius 3 is 2.67 bits per heavy atom. The number of rotatable bonds is 5. The number of hydrogen-bond acceptors (Lipinski definition) is 4. The third kappa shape index (κ3) is 4.59. The van der Waals surface area contributed by atoms with Crippen LogP contribution < -0.4 is 5.32 Å². The highest BCUT2D eigenvalue weighted by molar-refractivity contribution is 5.94. The highest BCUT2D eigenvalue weighted by Crippen LogP contribution is 2.21. The van der Waals surface area contributed by atoms with Crippen molar-refractivity contribution in [1.29, 1.82) is 0 Å². The minimum atomic E-state index is -0.225. The summed E-state index contributed by atoms with van der Waals surface area (Å²) in [4.78, 5) is 31.5. The number of oxazole rings is 1. The average Bonchev–Trinajstić information content (AvgIpc) is 3.27. The Balaban J connectivity index is 1.33. The summed E-state index contributed by atoms with van der Waals surface area (Å²) >= 11 is 0. The zero-order valence-electron chi connectivity index (χ0n) is 17.0. The molecule has 0 bridgehead atoms. The van der Waals surface area contributed by atoms with Gasteiger partial charge in [-0.05, 0) is 31.9 Å². The van der Waals surface area contributed by atoms with Gasteiger partial charge in [-0.15, -0.1) is 0 Å². The van der Waals surface area contributed by atoms with E-state index in [4.69, 9.17) is 4.42 Å². The molecule has 0 aliphatic carbocycles. The number of aromatic nitrogens is 1. The Morgan fingerprint density at radius 2 is 1.90 bits per heavy atom. The van der Waals surface area contributed by atoms with Crippen molar-refractivity contribution in [3.63, 3.8) is 0 Å². The molecule has 1 atom stereocenters. The van der Waals surface area contributed by atoms with Crippen molar-refractivity contribution in [2.75, 3.05) is 13.1 Å². The van der Waals surface area contributed by atoms with E-state index in [1.165, 1.54) is 0 Å². The van der Waals surface area contributed by atoms with Gasteiger partial charge in [0.2, 0.25) is 11.8 Å². The fourth-order valence-electron chi connectivity index (χ4n) is 3.69. The highest BCUT2D eigenvalue weighted by atomic mass is 16.4. The lowest BCUT2D eigenvalue weighted by Gasteiger charge is -2.32. The van der Waals surface area contributed by atoms with Crippen LogP contribution >= 0.6 is 0 Å². The fraction of sp³-hybridized carbons (Fsp3) is 0.292. The Bertz CT molecular complexity index is 1010. The zero-order chi connectivity index (χ0) is 20.9. The number of nitrogens with zero attached hydrogens (tertiary/aromatic N) is 2. The maximum Gasteiger partial charge on any atom is 0.253 e. The lowest BCUT2D eigenvalue weighted by molar-refractivity contribution is -0.126. The van der Waals surface area contributed by atoms with Gasteiger partial charge in [0, 0.05) is 24.2 Å². The van der Waals surface area contributed by atoms with Crippen molar-refractivity contribution in [3.05, 3.63) is 77.8 Å². The second kappa shape index (κ2) is 8.95. The van der Waals surface area contributed by atoms with Crippen LogP contribution in [0.5, 0.6) is 0 Å². The van der Waals surface area contributed by atoms with Gasteiger partial charge in [0.15, 0.2) is 5.76 Å². The van der Waals surface area contributed by atoms with Crippen molar-refractivity contribution in [2.24, 2.45) is 5.92 Å². The Labute approximate surface area is 175 Å². The molecule has 1 aromatic heterocycles. The first kappa shape index (κ1) is 19.9. The van der Waals surface area contributed by atoms with Gasteiger partial charge in [-0.2, -0.15) is 0 Å². The molecule has 4 rings (SSSR count). The van der Waals surface area contributed by atoms with Crippen LogP contribution in [-0.4, -0.2) is 34.8 Å². The maximum atomic E-state index is 12.8. The van der Waals surface area contributed by atoms with Gasteiger partial charge < -0.3 is 14.6 Å². The maximum absolute atomic E-state index is 12.8. The molecule has 2 aromatic carbocycles. The van der Waals surface area contributed by atoms with E-state index in [-0.39, 0.29) is 24.3 Å². The summed E-state index contributed by atoms with van der Waals surface area (Å²) in [7, 11) is 0. The minimum absolute atomic E-state index is 0.0206. The van der Waals surface area contributed by atoms with E-state index in [0.717, 1.165) is 24.0 Å². The van der Waals surface area contributed by atoms with Crippen molar-refractivity contribution in [3.8, 4) is 11.3 Å². The number of amides is 2. The summed E-state index contributed by atoms with van der Waals surface area (Å²) in [5.41, 5.74) is 2.72. The van der Waals surface area contributed by atoms with Crippen molar-refractivity contribution < 1.29 is 14.0 Å². The van der Waals surface area contributed by atoms with E-state index in [9.17, 15) is 9.59 Å². The second-order valence-corrected chi connectivity index (χ2v) is 7.66. The van der Waals surface area contributed by atoms with Crippen LogP contribution in [0, 0.1) is 12.8 Å². The topological polar surface area (TPSA) is 75.4 Å². The van der Waals surface area contributed by atoms with Gasteiger partial charge >= 0.3 is 0 Å². The van der Waals surface area contributed by atoms with Gasteiger partial charge in [-0.3, -0.25) is 9.59 Å². The van der Waals surface area contributed by atoms with Crippen molar-refractivity contribution >= 4 is 11.8 Å². The minimum Gasteiger partial charge on any atom is -0.439 e. The van der Waals surface area contributed by atoms with Crippen LogP contribution in [0.15, 0.2) is 65.2 Å². The predicted octanol–water partition coefficient (Wildman–Crippen LogP) is 3.82. The zero-order valence-corrected chi connectivity index (χ0v) is 17.0. The second-order valence-electron chi connectivity index (χ2n) is 7.66. The fourth-order valence-corrected chi connectivity index (χ4v) is 3.69. The standard InChI is InChI=1S/C24H25N3O3/c1-17-9-11-19(12-10-17)24(29)27-13-5-8-20(16-27)23(28)26-15-22-25-14-21(30-22)18-6-3-2-4-7-18/h2-4,6-7,9-12,14,20H,5,8,13,15-16H2,1H3,(H,26,28). The third-order valence-electron chi connectivity index (χ3n) is 5.40. The molecular formula is C24H25N3O3. The molecule has 2 amide bonds. The number of benzene rings is 2. The Morgan fingerprint density at radius 1 is 1.13 bits per heavy atom. The summed E-state index contributed by atoms with van der Waals surface area (Å²) < 4.78 is 5.74. The van der Waals surface area contributed by atoms with Crippen molar-refractivity contribution in [2.45, 2.75) is 26.3 Å². The molecule has 1 saturated heterocycles. The van der Waals surface area contributed by atoms with E-state index in [1.54, 1.807) is 11.1 Å².